The fourth-order valence-electron chi connectivity index (χ4n) is 7.72. The van der Waals surface area contributed by atoms with Crippen LogP contribution in [0.15, 0.2) is 11.6 Å². The molecule has 5 rings (SSSR count). The summed E-state index contributed by atoms with van der Waals surface area (Å²) >= 11 is 0. The maximum absolute atomic E-state index is 11.6. The first-order valence-corrected chi connectivity index (χ1v) is 12.0. The van der Waals surface area contributed by atoms with E-state index in [0.29, 0.717) is 17.9 Å². The number of fused-ring (bicyclic) bond motifs is 5. The van der Waals surface area contributed by atoms with Crippen LogP contribution in [-0.4, -0.2) is 30.4 Å². The highest BCUT2D eigenvalue weighted by molar-refractivity contribution is 5.85. The van der Waals surface area contributed by atoms with Crippen molar-refractivity contribution in [3.05, 3.63) is 11.6 Å². The Kier molecular flexibility index (Phi) is 7.36. The molecule has 1 aliphatic heterocycles. The van der Waals surface area contributed by atoms with Gasteiger partial charge in [0.25, 0.3) is 0 Å². The van der Waals surface area contributed by atoms with Crippen molar-refractivity contribution in [2.45, 2.75) is 97.0 Å². The molecule has 172 valence electrons. The topological polar surface area (TPSA) is 81.8 Å². The zero-order valence-electron chi connectivity index (χ0n) is 19.5. The van der Waals surface area contributed by atoms with Gasteiger partial charge in [-0.15, -0.1) is 0 Å². The van der Waals surface area contributed by atoms with Gasteiger partial charge in [0.15, 0.2) is 0 Å². The summed E-state index contributed by atoms with van der Waals surface area (Å²) in [5.41, 5.74) is 1.48. The van der Waals surface area contributed by atoms with Gasteiger partial charge in [-0.25, -0.2) is 10.7 Å². The van der Waals surface area contributed by atoms with E-state index in [1.165, 1.54) is 77.4 Å². The minimum absolute atomic E-state index is 0.211. The first-order chi connectivity index (χ1) is 14.2. The third kappa shape index (κ3) is 4.22. The molecule has 0 bridgehead atoms. The molecule has 1 heterocycles. The van der Waals surface area contributed by atoms with Gasteiger partial charge in [-0.2, -0.15) is 0 Å². The number of carbonyl (C=O) groups excluding carboxylic acids is 1. The maximum Gasteiger partial charge on any atom is 0.331 e. The Labute approximate surface area is 182 Å². The van der Waals surface area contributed by atoms with Crippen LogP contribution in [0.1, 0.15) is 91.4 Å². The first kappa shape index (κ1) is 23.7. The Bertz CT molecular complexity index is 649. The molecule has 0 aromatic carbocycles. The van der Waals surface area contributed by atoms with Crippen molar-refractivity contribution in [2.24, 2.45) is 34.5 Å². The molecule has 0 aromatic rings. The lowest BCUT2D eigenvalue weighted by Crippen LogP contribution is -2.60. The third-order valence-corrected chi connectivity index (χ3v) is 9.37. The van der Waals surface area contributed by atoms with E-state index >= 15 is 0 Å². The molecule has 0 radical (unpaired) electrons. The van der Waals surface area contributed by atoms with Crippen LogP contribution in [0.25, 0.3) is 0 Å². The predicted octanol–water partition coefficient (Wildman–Crippen LogP) is 4.92. The van der Waals surface area contributed by atoms with Crippen LogP contribution in [0.5, 0.6) is 0 Å². The monoisotopic (exact) mass is 421 g/mol. The van der Waals surface area contributed by atoms with E-state index in [0.717, 1.165) is 23.8 Å². The summed E-state index contributed by atoms with van der Waals surface area (Å²) in [7, 11) is 1.40. The van der Waals surface area contributed by atoms with Gasteiger partial charge in [-0.05, 0) is 98.9 Å². The Morgan fingerprint density at radius 1 is 1.03 bits per heavy atom. The Hall–Kier alpha value is -0.910. The molecular formula is C25H43NO4. The molecule has 4 fully saturated rings. The molecule has 0 saturated heterocycles. The molecule has 5 heteroatoms. The molecule has 4 aliphatic carbocycles. The number of rotatable bonds is 0. The van der Waals surface area contributed by atoms with Crippen LogP contribution in [0.4, 0.5) is 0 Å². The van der Waals surface area contributed by atoms with Gasteiger partial charge in [0.1, 0.15) is 6.61 Å². The minimum atomic E-state index is -0.318. The summed E-state index contributed by atoms with van der Waals surface area (Å²) in [6.07, 6.45) is 16.3. The molecule has 3 N–H and O–H groups in total. The molecular weight excluding hydrogens is 378 g/mol. The zero-order valence-corrected chi connectivity index (χ0v) is 19.5. The van der Waals surface area contributed by atoms with E-state index in [1.54, 1.807) is 0 Å². The third-order valence-electron chi connectivity index (χ3n) is 9.37. The van der Waals surface area contributed by atoms with E-state index < -0.39 is 0 Å². The van der Waals surface area contributed by atoms with Gasteiger partial charge in [0.05, 0.1) is 12.7 Å². The lowest BCUT2D eigenvalue weighted by Gasteiger charge is -2.62. The van der Waals surface area contributed by atoms with Crippen molar-refractivity contribution in [1.82, 2.24) is 0 Å². The Balaban J connectivity index is 0.000000214. The number of hydrogen-bond donors (Lipinski definition) is 2. The molecule has 4 saturated carbocycles. The molecule has 30 heavy (non-hydrogen) atoms. The van der Waals surface area contributed by atoms with Gasteiger partial charge < -0.3 is 14.7 Å². The second-order valence-corrected chi connectivity index (χ2v) is 11.0. The van der Waals surface area contributed by atoms with Crippen LogP contribution < -0.4 is 5.90 Å². The van der Waals surface area contributed by atoms with Crippen LogP contribution in [0, 0.1) is 28.6 Å². The van der Waals surface area contributed by atoms with Crippen LogP contribution in [0.3, 0.4) is 0 Å². The van der Waals surface area contributed by atoms with Crippen molar-refractivity contribution in [3.8, 4) is 0 Å². The van der Waals surface area contributed by atoms with Gasteiger partial charge in [0, 0.05) is 6.08 Å². The van der Waals surface area contributed by atoms with E-state index in [9.17, 15) is 9.90 Å². The van der Waals surface area contributed by atoms with Gasteiger partial charge in [-0.1, -0.05) is 26.7 Å². The summed E-state index contributed by atoms with van der Waals surface area (Å²) < 4.78 is 4.53. The van der Waals surface area contributed by atoms with Crippen molar-refractivity contribution < 1.29 is 19.5 Å². The second-order valence-electron chi connectivity index (χ2n) is 11.0. The van der Waals surface area contributed by atoms with Crippen LogP contribution in [-0.2, 0) is 14.4 Å². The number of hydrogen-bond acceptors (Lipinski definition) is 5. The zero-order chi connectivity index (χ0) is 22.0. The molecule has 5 nitrogen and oxygen atoms in total. The highest BCUT2D eigenvalue weighted by Gasteiger charge is 2.63. The van der Waals surface area contributed by atoms with Crippen molar-refractivity contribution in [1.29, 1.82) is 0 Å². The Morgan fingerprint density at radius 2 is 1.77 bits per heavy atom. The fourth-order valence-corrected chi connectivity index (χ4v) is 7.72. The molecule has 0 amide bonds. The van der Waals surface area contributed by atoms with Crippen LogP contribution in [0.2, 0.25) is 0 Å². The molecule has 0 spiro atoms. The predicted molar refractivity (Wildman–Crippen MR) is 118 cm³/mol. The number of aliphatic hydroxyl groups is 1. The van der Waals surface area contributed by atoms with E-state index in [4.69, 9.17) is 0 Å². The standard InChI is InChI=1S/C19H32O.C5H6O2.CH5NO/c1-17-10-5-12-19(17,20)16-8-7-14-6-3-4-11-18(14,2)15(16)9-13-17;1-4-2-5(6)7-3-4;1-3-2/h14-16,20H,3-13H2,1-2H3;2H,3H2,1H3;2H2,1H3/t14?,15?,16?,17-,18-,19-;;/m0../s1. The lowest BCUT2D eigenvalue weighted by atomic mass is 9.44. The number of carbonyl (C=O) groups is 1. The summed E-state index contributed by atoms with van der Waals surface area (Å²) in [6, 6.07) is 0. The average molecular weight is 422 g/mol. The Morgan fingerprint density at radius 3 is 2.37 bits per heavy atom. The van der Waals surface area contributed by atoms with Crippen molar-refractivity contribution in [2.75, 3.05) is 13.7 Å². The summed E-state index contributed by atoms with van der Waals surface area (Å²) in [6.45, 7) is 7.34. The molecule has 5 aliphatic rings. The fraction of sp³-hybridized carbons (Fsp3) is 0.880. The quantitative estimate of drug-likeness (QED) is 0.428. The number of esters is 1. The van der Waals surface area contributed by atoms with Gasteiger partial charge in [-0.3, -0.25) is 0 Å². The molecule has 6 atom stereocenters. The maximum atomic E-state index is 11.6. The largest absolute Gasteiger partial charge is 0.458 e. The normalized spacial score (nSPS) is 44.1. The molecule has 3 unspecified atom stereocenters. The smallest absolute Gasteiger partial charge is 0.331 e. The van der Waals surface area contributed by atoms with Gasteiger partial charge >= 0.3 is 5.97 Å². The van der Waals surface area contributed by atoms with E-state index in [1.807, 2.05) is 6.92 Å². The summed E-state index contributed by atoms with van der Waals surface area (Å²) in [5.74, 6) is 6.53. The number of nitrogens with two attached hydrogens (primary N) is 1. The minimum Gasteiger partial charge on any atom is -0.458 e. The summed E-state index contributed by atoms with van der Waals surface area (Å²) in [5, 5.41) is 11.6. The average Bonchev–Trinajstić information content (AvgIpc) is 3.23. The van der Waals surface area contributed by atoms with Crippen LogP contribution >= 0.6 is 0 Å². The molecule has 0 aromatic heterocycles. The van der Waals surface area contributed by atoms with Crippen molar-refractivity contribution >= 4 is 5.97 Å². The number of cyclic esters (lactones) is 1. The second kappa shape index (κ2) is 9.30. The highest BCUT2D eigenvalue weighted by atomic mass is 16.6. The number of ether oxygens (including phenoxy) is 1. The van der Waals surface area contributed by atoms with Crippen molar-refractivity contribution in [3.63, 3.8) is 0 Å². The summed E-state index contributed by atoms with van der Waals surface area (Å²) in [4.78, 5) is 13.9. The van der Waals surface area contributed by atoms with E-state index in [-0.39, 0.29) is 17.0 Å². The lowest BCUT2D eigenvalue weighted by molar-refractivity contribution is -0.197. The SMILES string of the molecule is CC1=CC(=O)OC1.CON.C[C@]12CCCCC1CCC1C2CC[C@]2(C)CCC[C@]12O. The van der Waals surface area contributed by atoms with Gasteiger partial charge in [0.2, 0.25) is 0 Å². The first-order valence-electron chi connectivity index (χ1n) is 12.0. The highest BCUT2D eigenvalue weighted by Crippen LogP contribution is 2.67. The van der Waals surface area contributed by atoms with E-state index in [2.05, 4.69) is 29.3 Å².